The van der Waals surface area contributed by atoms with E-state index in [4.69, 9.17) is 9.72 Å². The average molecular weight is 254 g/mol. The van der Waals surface area contributed by atoms with Crippen molar-refractivity contribution in [2.75, 3.05) is 13.7 Å². The molecule has 0 spiro atoms. The zero-order valence-corrected chi connectivity index (χ0v) is 11.6. The molecule has 2 rings (SSSR count). The predicted octanol–water partition coefficient (Wildman–Crippen LogP) is 3.06. The van der Waals surface area contributed by atoms with Gasteiger partial charge in [0.1, 0.15) is 0 Å². The van der Waals surface area contributed by atoms with E-state index in [9.17, 15) is 0 Å². The van der Waals surface area contributed by atoms with Crippen molar-refractivity contribution in [2.45, 2.75) is 51.7 Å². The van der Waals surface area contributed by atoms with Crippen molar-refractivity contribution in [2.24, 2.45) is 0 Å². The summed E-state index contributed by atoms with van der Waals surface area (Å²) >= 11 is 1.88. The Bertz CT molecular complexity index is 347. The lowest BCUT2D eigenvalue weighted by atomic mass is 9.86. The maximum atomic E-state index is 5.24. The summed E-state index contributed by atoms with van der Waals surface area (Å²) < 4.78 is 5.24. The Hall–Kier alpha value is -0.450. The normalized spacial score (nSPS) is 16.1. The van der Waals surface area contributed by atoms with Crippen LogP contribution in [-0.4, -0.2) is 18.6 Å². The number of methoxy groups -OCH3 is 1. The summed E-state index contributed by atoms with van der Waals surface area (Å²) in [4.78, 5) is 6.12. The molecule has 0 atom stereocenters. The van der Waals surface area contributed by atoms with Gasteiger partial charge in [0.25, 0.3) is 0 Å². The van der Waals surface area contributed by atoms with Gasteiger partial charge in [0.2, 0.25) is 0 Å². The molecule has 1 N–H and O–H groups in total. The molecule has 1 heterocycles. The van der Waals surface area contributed by atoms with E-state index in [1.54, 1.807) is 7.11 Å². The first-order chi connectivity index (χ1) is 8.35. The van der Waals surface area contributed by atoms with Crippen LogP contribution in [0.5, 0.6) is 0 Å². The zero-order valence-electron chi connectivity index (χ0n) is 10.8. The fraction of sp³-hybridized carbons (Fsp3) is 0.769. The van der Waals surface area contributed by atoms with Crippen molar-refractivity contribution in [1.82, 2.24) is 10.3 Å². The molecule has 4 heteroatoms. The Morgan fingerprint density at radius 2 is 2.29 bits per heavy atom. The standard InChI is InChI=1S/C13H22N2OS/c1-3-7-14-8-12-11(9-16-2)15-13(17-12)10-5-4-6-10/h10,14H,3-9H2,1-2H3. The Balaban J connectivity index is 2.01. The maximum absolute atomic E-state index is 5.24. The first-order valence-electron chi connectivity index (χ1n) is 6.53. The maximum Gasteiger partial charge on any atom is 0.0963 e. The van der Waals surface area contributed by atoms with Crippen LogP contribution in [0, 0.1) is 0 Å². The van der Waals surface area contributed by atoms with Gasteiger partial charge in [-0.1, -0.05) is 13.3 Å². The van der Waals surface area contributed by atoms with Gasteiger partial charge in [0.05, 0.1) is 17.3 Å². The molecule has 0 saturated heterocycles. The highest BCUT2D eigenvalue weighted by molar-refractivity contribution is 7.11. The number of thiazole rings is 1. The smallest absolute Gasteiger partial charge is 0.0963 e. The van der Waals surface area contributed by atoms with E-state index < -0.39 is 0 Å². The monoisotopic (exact) mass is 254 g/mol. The molecule has 1 aliphatic rings. The number of aromatic nitrogens is 1. The first-order valence-corrected chi connectivity index (χ1v) is 7.35. The summed E-state index contributed by atoms with van der Waals surface area (Å²) in [6, 6.07) is 0. The minimum atomic E-state index is 0.645. The first kappa shape index (κ1) is 13.0. The second-order valence-corrected chi connectivity index (χ2v) is 5.77. The van der Waals surface area contributed by atoms with Gasteiger partial charge >= 0.3 is 0 Å². The molecule has 1 aromatic heterocycles. The summed E-state index contributed by atoms with van der Waals surface area (Å²) in [7, 11) is 1.74. The lowest BCUT2D eigenvalue weighted by molar-refractivity contribution is 0.181. The molecule has 1 aliphatic carbocycles. The molecular formula is C13H22N2OS. The summed E-state index contributed by atoms with van der Waals surface area (Å²) in [6.45, 7) is 4.85. The van der Waals surface area contributed by atoms with Crippen LogP contribution < -0.4 is 5.32 Å². The Morgan fingerprint density at radius 1 is 1.47 bits per heavy atom. The molecule has 0 radical (unpaired) electrons. The molecule has 0 aromatic carbocycles. The molecular weight excluding hydrogens is 232 g/mol. The largest absolute Gasteiger partial charge is 0.378 e. The second kappa shape index (κ2) is 6.47. The third-order valence-corrected chi connectivity index (χ3v) is 4.50. The van der Waals surface area contributed by atoms with Gasteiger partial charge in [-0.15, -0.1) is 11.3 Å². The van der Waals surface area contributed by atoms with Crippen molar-refractivity contribution >= 4 is 11.3 Å². The van der Waals surface area contributed by atoms with Crippen LogP contribution in [0.3, 0.4) is 0 Å². The number of nitrogens with zero attached hydrogens (tertiary/aromatic N) is 1. The molecule has 96 valence electrons. The van der Waals surface area contributed by atoms with E-state index in [1.807, 2.05) is 11.3 Å². The number of nitrogens with one attached hydrogen (secondary N) is 1. The van der Waals surface area contributed by atoms with Crippen LogP contribution in [0.15, 0.2) is 0 Å². The van der Waals surface area contributed by atoms with E-state index in [0.717, 1.165) is 24.7 Å². The third kappa shape index (κ3) is 3.27. The van der Waals surface area contributed by atoms with Gasteiger partial charge < -0.3 is 10.1 Å². The molecule has 1 aromatic rings. The summed E-state index contributed by atoms with van der Waals surface area (Å²) in [6.07, 6.45) is 5.19. The quantitative estimate of drug-likeness (QED) is 0.759. The van der Waals surface area contributed by atoms with Crippen molar-refractivity contribution in [1.29, 1.82) is 0 Å². The lowest BCUT2D eigenvalue weighted by Gasteiger charge is -2.22. The van der Waals surface area contributed by atoms with Crippen molar-refractivity contribution in [3.8, 4) is 0 Å². The van der Waals surface area contributed by atoms with Crippen LogP contribution in [0.4, 0.5) is 0 Å². The van der Waals surface area contributed by atoms with Gasteiger partial charge in [-0.25, -0.2) is 4.98 Å². The van der Waals surface area contributed by atoms with E-state index in [-0.39, 0.29) is 0 Å². The molecule has 0 amide bonds. The summed E-state index contributed by atoms with van der Waals surface area (Å²) in [5.74, 6) is 0.732. The fourth-order valence-corrected chi connectivity index (χ4v) is 3.21. The number of hydrogen-bond donors (Lipinski definition) is 1. The fourth-order valence-electron chi connectivity index (χ4n) is 2.00. The summed E-state index contributed by atoms with van der Waals surface area (Å²) in [5.41, 5.74) is 1.14. The Morgan fingerprint density at radius 3 is 2.88 bits per heavy atom. The van der Waals surface area contributed by atoms with Crippen LogP contribution >= 0.6 is 11.3 Å². The molecule has 17 heavy (non-hydrogen) atoms. The van der Waals surface area contributed by atoms with Crippen LogP contribution in [0.25, 0.3) is 0 Å². The van der Waals surface area contributed by atoms with E-state index in [0.29, 0.717) is 6.61 Å². The van der Waals surface area contributed by atoms with Gasteiger partial charge in [-0.3, -0.25) is 0 Å². The molecule has 3 nitrogen and oxygen atoms in total. The molecule has 0 aliphatic heterocycles. The highest BCUT2D eigenvalue weighted by Crippen LogP contribution is 2.39. The van der Waals surface area contributed by atoms with E-state index in [2.05, 4.69) is 12.2 Å². The number of ether oxygens (including phenoxy) is 1. The molecule has 1 fully saturated rings. The van der Waals surface area contributed by atoms with Gasteiger partial charge in [-0.2, -0.15) is 0 Å². The van der Waals surface area contributed by atoms with Crippen molar-refractivity contribution < 1.29 is 4.74 Å². The van der Waals surface area contributed by atoms with Crippen molar-refractivity contribution in [3.05, 3.63) is 15.6 Å². The molecule has 0 unspecified atom stereocenters. The van der Waals surface area contributed by atoms with Gasteiger partial charge in [0, 0.05) is 24.4 Å². The Kier molecular flexibility index (Phi) is 4.95. The lowest BCUT2D eigenvalue weighted by Crippen LogP contribution is -2.14. The van der Waals surface area contributed by atoms with Crippen LogP contribution in [-0.2, 0) is 17.9 Å². The number of hydrogen-bond acceptors (Lipinski definition) is 4. The van der Waals surface area contributed by atoms with E-state index >= 15 is 0 Å². The average Bonchev–Trinajstić information content (AvgIpc) is 2.60. The minimum absolute atomic E-state index is 0.645. The summed E-state index contributed by atoms with van der Waals surface area (Å²) in [5, 5.41) is 4.78. The minimum Gasteiger partial charge on any atom is -0.378 e. The third-order valence-electron chi connectivity index (χ3n) is 3.24. The second-order valence-electron chi connectivity index (χ2n) is 4.66. The van der Waals surface area contributed by atoms with Crippen LogP contribution in [0.1, 0.15) is 54.1 Å². The van der Waals surface area contributed by atoms with Crippen LogP contribution in [0.2, 0.25) is 0 Å². The van der Waals surface area contributed by atoms with E-state index in [1.165, 1.54) is 35.6 Å². The zero-order chi connectivity index (χ0) is 12.1. The molecule has 0 bridgehead atoms. The SMILES string of the molecule is CCCNCc1sc(C2CCC2)nc1COC. The van der Waals surface area contributed by atoms with Gasteiger partial charge in [-0.05, 0) is 25.8 Å². The highest BCUT2D eigenvalue weighted by atomic mass is 32.1. The number of rotatable bonds is 7. The highest BCUT2D eigenvalue weighted by Gasteiger charge is 2.24. The molecule has 1 saturated carbocycles. The Labute approximate surface area is 108 Å². The van der Waals surface area contributed by atoms with Gasteiger partial charge in [0.15, 0.2) is 0 Å². The van der Waals surface area contributed by atoms with Crippen molar-refractivity contribution in [3.63, 3.8) is 0 Å². The predicted molar refractivity (Wildman–Crippen MR) is 71.4 cm³/mol. The topological polar surface area (TPSA) is 34.2 Å².